The Bertz CT molecular complexity index is 391. The molecule has 29 heavy (non-hydrogen) atoms. The lowest BCUT2D eigenvalue weighted by Crippen LogP contribution is -2.30. The number of hydrogen-bond donors (Lipinski definition) is 2. The van der Waals surface area contributed by atoms with Crippen LogP contribution in [-0.4, -0.2) is 30.0 Å². The molecule has 0 aromatic heterocycles. The lowest BCUT2D eigenvalue weighted by Gasteiger charge is -2.15. The minimum Gasteiger partial charge on any atom is -0.356 e. The summed E-state index contributed by atoms with van der Waals surface area (Å²) in [6, 6.07) is 0. The van der Waals surface area contributed by atoms with Crippen LogP contribution in [0.3, 0.4) is 0 Å². The lowest BCUT2D eigenvalue weighted by atomic mass is 10.0. The van der Waals surface area contributed by atoms with Gasteiger partial charge in [0.25, 0.3) is 0 Å². The summed E-state index contributed by atoms with van der Waals surface area (Å²) in [5.41, 5.74) is 0. The molecule has 1 atom stereocenters. The molecule has 0 aliphatic rings. The van der Waals surface area contributed by atoms with Gasteiger partial charge < -0.3 is 10.6 Å². The van der Waals surface area contributed by atoms with Crippen molar-refractivity contribution in [2.75, 3.05) is 12.8 Å². The van der Waals surface area contributed by atoms with Crippen LogP contribution >= 0.6 is 11.8 Å². The average molecular weight is 429 g/mol. The topological polar surface area (TPSA) is 58.2 Å². The highest BCUT2D eigenvalue weighted by Crippen LogP contribution is 2.13. The molecule has 172 valence electrons. The van der Waals surface area contributed by atoms with Gasteiger partial charge in [-0.05, 0) is 31.9 Å². The van der Waals surface area contributed by atoms with Crippen molar-refractivity contribution < 1.29 is 9.59 Å². The van der Waals surface area contributed by atoms with E-state index in [2.05, 4.69) is 17.6 Å². The highest BCUT2D eigenvalue weighted by molar-refractivity contribution is 7.99. The fraction of sp³-hybridized carbons (Fsp3) is 0.917. The largest absolute Gasteiger partial charge is 0.356 e. The zero-order valence-electron chi connectivity index (χ0n) is 19.5. The third-order valence-corrected chi connectivity index (χ3v) is 6.29. The summed E-state index contributed by atoms with van der Waals surface area (Å²) < 4.78 is 0. The van der Waals surface area contributed by atoms with E-state index in [0.717, 1.165) is 32.2 Å². The van der Waals surface area contributed by atoms with Crippen LogP contribution in [-0.2, 0) is 9.59 Å². The van der Waals surface area contributed by atoms with Crippen LogP contribution in [0.5, 0.6) is 0 Å². The van der Waals surface area contributed by atoms with Crippen molar-refractivity contribution >= 4 is 23.6 Å². The van der Waals surface area contributed by atoms with E-state index in [1.807, 2.05) is 6.26 Å². The quantitative estimate of drug-likeness (QED) is 0.160. The average Bonchev–Trinajstić information content (AvgIpc) is 2.70. The van der Waals surface area contributed by atoms with Crippen molar-refractivity contribution in [1.29, 1.82) is 0 Å². The molecule has 0 aromatic rings. The highest BCUT2D eigenvalue weighted by Gasteiger charge is 2.07. The minimum atomic E-state index is 0.0236. The van der Waals surface area contributed by atoms with Crippen molar-refractivity contribution in [2.24, 2.45) is 0 Å². The Kier molecular flexibility index (Phi) is 21.4. The second kappa shape index (κ2) is 22.0. The molecule has 0 saturated heterocycles. The number of thioether (sulfide) groups is 1. The molecule has 0 fully saturated rings. The molecule has 0 aromatic carbocycles. The van der Waals surface area contributed by atoms with E-state index in [1.165, 1.54) is 77.0 Å². The third-order valence-electron chi connectivity index (χ3n) is 5.37. The highest BCUT2D eigenvalue weighted by atomic mass is 32.2. The van der Waals surface area contributed by atoms with Crippen LogP contribution in [0.25, 0.3) is 0 Å². The summed E-state index contributed by atoms with van der Waals surface area (Å²) >= 11 is 1.67. The molecule has 5 heteroatoms. The van der Waals surface area contributed by atoms with Gasteiger partial charge in [-0.3, -0.25) is 9.59 Å². The van der Waals surface area contributed by atoms with E-state index >= 15 is 0 Å². The van der Waals surface area contributed by atoms with Crippen LogP contribution in [0, 0.1) is 0 Å². The molecule has 2 amide bonds. The maximum Gasteiger partial charge on any atom is 0.219 e. The van der Waals surface area contributed by atoms with E-state index in [-0.39, 0.29) is 17.2 Å². The molecule has 0 unspecified atom stereocenters. The zero-order chi connectivity index (χ0) is 21.6. The van der Waals surface area contributed by atoms with E-state index in [0.29, 0.717) is 6.42 Å². The number of unbranched alkanes of at least 4 members (excludes halogenated alkanes) is 13. The normalized spacial score (nSPS) is 12.0. The van der Waals surface area contributed by atoms with Crippen LogP contribution < -0.4 is 10.6 Å². The zero-order valence-corrected chi connectivity index (χ0v) is 20.3. The van der Waals surface area contributed by atoms with Gasteiger partial charge in [0, 0.05) is 19.9 Å². The van der Waals surface area contributed by atoms with Gasteiger partial charge in [0.15, 0.2) is 0 Å². The van der Waals surface area contributed by atoms with Crippen LogP contribution in [0.1, 0.15) is 123 Å². The molecular weight excluding hydrogens is 380 g/mol. The van der Waals surface area contributed by atoms with E-state index in [4.69, 9.17) is 0 Å². The molecule has 0 heterocycles. The summed E-state index contributed by atoms with van der Waals surface area (Å²) in [6.45, 7) is 4.58. The van der Waals surface area contributed by atoms with Gasteiger partial charge in [0.2, 0.25) is 11.8 Å². The van der Waals surface area contributed by atoms with Gasteiger partial charge in [-0.1, -0.05) is 84.0 Å². The third kappa shape index (κ3) is 21.8. The summed E-state index contributed by atoms with van der Waals surface area (Å²) in [5, 5.41) is 6.15. The Labute approximate surface area is 185 Å². The number of nitrogens with one attached hydrogen (secondary N) is 2. The van der Waals surface area contributed by atoms with Gasteiger partial charge in [-0.25, -0.2) is 0 Å². The fourth-order valence-corrected chi connectivity index (χ4v) is 4.24. The first kappa shape index (κ1) is 28.3. The molecule has 0 rings (SSSR count). The van der Waals surface area contributed by atoms with E-state index < -0.39 is 0 Å². The Morgan fingerprint density at radius 1 is 0.759 bits per heavy atom. The molecule has 0 spiro atoms. The predicted octanol–water partition coefficient (Wildman–Crippen LogP) is 6.58. The standard InChI is InChI=1S/C24H48N2O2S/c1-4-5-6-7-8-9-10-11-12-13-14-15-16-19-23(28)25-21-18-17-20-24(29-3)26-22(2)27/h24H,4-21H2,1-3H3,(H,25,28)(H,26,27)/t24-/m1/s1. The number of hydrogen-bond acceptors (Lipinski definition) is 3. The maximum atomic E-state index is 11.9. The Morgan fingerprint density at radius 3 is 1.76 bits per heavy atom. The van der Waals surface area contributed by atoms with Gasteiger partial charge in [-0.15, -0.1) is 11.8 Å². The number of carbonyl (C=O) groups is 2. The van der Waals surface area contributed by atoms with Crippen LogP contribution in [0.15, 0.2) is 0 Å². The number of rotatable bonds is 21. The Balaban J connectivity index is 3.31. The first-order chi connectivity index (χ1) is 14.1. The summed E-state index contributed by atoms with van der Waals surface area (Å²) in [5.74, 6) is 0.215. The van der Waals surface area contributed by atoms with Gasteiger partial charge in [0.05, 0.1) is 5.37 Å². The first-order valence-electron chi connectivity index (χ1n) is 12.2. The lowest BCUT2D eigenvalue weighted by molar-refractivity contribution is -0.121. The van der Waals surface area contributed by atoms with Crippen molar-refractivity contribution in [3.63, 3.8) is 0 Å². The number of amides is 2. The second-order valence-corrected chi connectivity index (χ2v) is 9.30. The maximum absolute atomic E-state index is 11.9. The fourth-order valence-electron chi connectivity index (χ4n) is 3.55. The first-order valence-corrected chi connectivity index (χ1v) is 13.5. The smallest absolute Gasteiger partial charge is 0.219 e. The molecule has 0 aliphatic heterocycles. The minimum absolute atomic E-state index is 0.0236. The van der Waals surface area contributed by atoms with Crippen molar-refractivity contribution in [2.45, 2.75) is 128 Å². The van der Waals surface area contributed by atoms with Gasteiger partial charge >= 0.3 is 0 Å². The molecule has 0 saturated carbocycles. The van der Waals surface area contributed by atoms with Gasteiger partial charge in [0.1, 0.15) is 0 Å². The summed E-state index contributed by atoms with van der Waals surface area (Å²) in [6.07, 6.45) is 22.9. The summed E-state index contributed by atoms with van der Waals surface area (Å²) in [4.78, 5) is 22.9. The molecule has 0 bridgehead atoms. The Morgan fingerprint density at radius 2 is 1.28 bits per heavy atom. The van der Waals surface area contributed by atoms with Crippen molar-refractivity contribution in [3.8, 4) is 0 Å². The number of carbonyl (C=O) groups excluding carboxylic acids is 2. The van der Waals surface area contributed by atoms with Crippen molar-refractivity contribution in [3.05, 3.63) is 0 Å². The molecule has 2 N–H and O–H groups in total. The predicted molar refractivity (Wildman–Crippen MR) is 128 cm³/mol. The Hall–Kier alpha value is -0.710. The summed E-state index contributed by atoms with van der Waals surface area (Å²) in [7, 11) is 0. The van der Waals surface area contributed by atoms with Crippen LogP contribution in [0.4, 0.5) is 0 Å². The molecule has 0 aliphatic carbocycles. The monoisotopic (exact) mass is 428 g/mol. The van der Waals surface area contributed by atoms with Gasteiger partial charge in [-0.2, -0.15) is 0 Å². The SMILES string of the molecule is CCCCCCCCCCCCCCCC(=O)NCCCC[C@H](NC(C)=O)SC. The van der Waals surface area contributed by atoms with E-state index in [1.54, 1.807) is 18.7 Å². The molecular formula is C24H48N2O2S. The molecule has 0 radical (unpaired) electrons. The molecule has 4 nitrogen and oxygen atoms in total. The van der Waals surface area contributed by atoms with Crippen LogP contribution in [0.2, 0.25) is 0 Å². The second-order valence-electron chi connectivity index (χ2n) is 8.26. The van der Waals surface area contributed by atoms with Crippen molar-refractivity contribution in [1.82, 2.24) is 10.6 Å². The van der Waals surface area contributed by atoms with E-state index in [9.17, 15) is 9.59 Å².